The minimum atomic E-state index is -5.08. The number of aliphatic carboxylic acids is 1. The fourth-order valence-electron chi connectivity index (χ4n) is 2.55. The second-order valence-electron chi connectivity index (χ2n) is 7.00. The van der Waals surface area contributed by atoms with Crippen molar-refractivity contribution in [1.82, 2.24) is 15.2 Å². The molecule has 1 fully saturated rings. The highest BCUT2D eigenvalue weighted by Crippen LogP contribution is 2.37. The van der Waals surface area contributed by atoms with Crippen LogP contribution in [0.1, 0.15) is 33.9 Å². The smallest absolute Gasteiger partial charge is 0.475 e. The van der Waals surface area contributed by atoms with Crippen molar-refractivity contribution >= 4 is 34.9 Å². The van der Waals surface area contributed by atoms with Gasteiger partial charge in [0.05, 0.1) is 0 Å². The van der Waals surface area contributed by atoms with Gasteiger partial charge in [0.15, 0.2) is 5.01 Å². The summed E-state index contributed by atoms with van der Waals surface area (Å²) in [6.07, 6.45) is -1.23. The number of nitrogens with zero attached hydrogens (tertiary/aromatic N) is 3. The highest BCUT2D eigenvalue weighted by Gasteiger charge is 2.38. The molecule has 8 nitrogen and oxygen atoms in total. The van der Waals surface area contributed by atoms with Gasteiger partial charge >= 0.3 is 12.1 Å². The summed E-state index contributed by atoms with van der Waals surface area (Å²) in [5.41, 5.74) is 0. The maximum Gasteiger partial charge on any atom is 0.490 e. The van der Waals surface area contributed by atoms with Crippen LogP contribution in [0.4, 0.5) is 19.0 Å². The molecule has 0 aromatic carbocycles. The Hall–Kier alpha value is -2.21. The molecule has 1 aromatic rings. The average molecular weight is 436 g/mol. The largest absolute Gasteiger partial charge is 0.490 e. The SMILES string of the molecule is CN(C)CCNC(=O)c1nc2c(s1)CCCN2C(=O)C1CC1.O=C(O)C(F)(F)F. The maximum atomic E-state index is 12.3. The van der Waals surface area contributed by atoms with Gasteiger partial charge in [-0.25, -0.2) is 9.78 Å². The summed E-state index contributed by atoms with van der Waals surface area (Å²) in [7, 11) is 3.94. The molecule has 0 saturated heterocycles. The van der Waals surface area contributed by atoms with E-state index in [1.54, 1.807) is 4.90 Å². The summed E-state index contributed by atoms with van der Waals surface area (Å²) in [4.78, 5) is 42.8. The van der Waals surface area contributed by atoms with Crippen LogP contribution < -0.4 is 10.2 Å². The Balaban J connectivity index is 0.000000370. The van der Waals surface area contributed by atoms with E-state index in [0.717, 1.165) is 49.5 Å². The normalized spacial score (nSPS) is 16.0. The number of hydrogen-bond acceptors (Lipinski definition) is 6. The lowest BCUT2D eigenvalue weighted by molar-refractivity contribution is -0.192. The molecule has 2 N–H and O–H groups in total. The van der Waals surface area contributed by atoms with Crippen LogP contribution in [-0.2, 0) is 16.0 Å². The highest BCUT2D eigenvalue weighted by molar-refractivity contribution is 7.14. The number of carboxylic acid groups (broad SMARTS) is 1. The molecular formula is C17H23F3N4O4S. The molecule has 2 heterocycles. The van der Waals surface area contributed by atoms with Crippen LogP contribution in [0.2, 0.25) is 0 Å². The number of carbonyl (C=O) groups excluding carboxylic acids is 2. The molecule has 0 atom stereocenters. The molecule has 2 amide bonds. The Bertz CT molecular complexity index is 762. The first-order valence-corrected chi connectivity index (χ1v) is 9.86. The summed E-state index contributed by atoms with van der Waals surface area (Å²) >= 11 is 1.42. The van der Waals surface area contributed by atoms with Crippen LogP contribution in [0.25, 0.3) is 0 Å². The molecule has 29 heavy (non-hydrogen) atoms. The summed E-state index contributed by atoms with van der Waals surface area (Å²) in [5.74, 6) is -1.80. The molecule has 2 aliphatic rings. The quantitative estimate of drug-likeness (QED) is 0.729. The first-order valence-electron chi connectivity index (χ1n) is 9.04. The summed E-state index contributed by atoms with van der Waals surface area (Å²) in [6, 6.07) is 0. The van der Waals surface area contributed by atoms with Gasteiger partial charge in [0, 0.05) is 30.4 Å². The summed E-state index contributed by atoms with van der Waals surface area (Å²) in [5, 5.41) is 10.5. The molecule has 0 bridgehead atoms. The Morgan fingerprint density at radius 1 is 1.31 bits per heavy atom. The van der Waals surface area contributed by atoms with E-state index in [1.165, 1.54) is 11.3 Å². The number of anilines is 1. The van der Waals surface area contributed by atoms with Crippen molar-refractivity contribution in [3.63, 3.8) is 0 Å². The number of aryl methyl sites for hydroxylation is 1. The van der Waals surface area contributed by atoms with Crippen LogP contribution in [0.15, 0.2) is 0 Å². The van der Waals surface area contributed by atoms with Gasteiger partial charge in [-0.05, 0) is 39.8 Å². The number of amides is 2. The summed E-state index contributed by atoms with van der Waals surface area (Å²) < 4.78 is 31.7. The monoisotopic (exact) mass is 436 g/mol. The molecule has 1 aliphatic heterocycles. The number of carbonyl (C=O) groups is 3. The van der Waals surface area contributed by atoms with E-state index in [4.69, 9.17) is 9.90 Å². The number of thiazole rings is 1. The van der Waals surface area contributed by atoms with Crippen molar-refractivity contribution < 1.29 is 32.7 Å². The van der Waals surface area contributed by atoms with Crippen molar-refractivity contribution in [3.8, 4) is 0 Å². The third kappa shape index (κ3) is 6.67. The maximum absolute atomic E-state index is 12.3. The average Bonchev–Trinajstić information content (AvgIpc) is 3.38. The molecule has 0 unspecified atom stereocenters. The molecule has 0 spiro atoms. The zero-order valence-corrected chi connectivity index (χ0v) is 16.9. The lowest BCUT2D eigenvalue weighted by Gasteiger charge is -2.25. The fourth-order valence-corrected chi connectivity index (χ4v) is 3.58. The van der Waals surface area contributed by atoms with E-state index in [9.17, 15) is 22.8 Å². The first-order chi connectivity index (χ1) is 13.5. The number of halogens is 3. The minimum Gasteiger partial charge on any atom is -0.475 e. The van der Waals surface area contributed by atoms with Crippen LogP contribution in [0.3, 0.4) is 0 Å². The molecule has 1 saturated carbocycles. The van der Waals surface area contributed by atoms with E-state index < -0.39 is 12.1 Å². The zero-order chi connectivity index (χ0) is 21.8. The molecule has 1 aliphatic carbocycles. The third-order valence-electron chi connectivity index (χ3n) is 4.19. The standard InChI is InChI=1S/C15H22N4O2S.C2HF3O2/c1-18(2)9-7-16-13(20)14-17-12-11(22-14)4-3-8-19(12)15(21)10-5-6-10;3-2(4,5)1(6)7/h10H,3-9H2,1-2H3,(H,16,20);(H,6,7). The molecule has 0 radical (unpaired) electrons. The predicted molar refractivity (Wildman–Crippen MR) is 100 cm³/mol. The first kappa shape index (κ1) is 23.1. The molecule has 12 heteroatoms. The van der Waals surface area contributed by atoms with Crippen molar-refractivity contribution in [2.45, 2.75) is 31.9 Å². The minimum absolute atomic E-state index is 0.139. The van der Waals surface area contributed by atoms with Crippen LogP contribution in [0, 0.1) is 5.92 Å². The highest BCUT2D eigenvalue weighted by atomic mass is 32.1. The van der Waals surface area contributed by atoms with E-state index in [2.05, 4.69) is 10.3 Å². The Morgan fingerprint density at radius 2 is 1.93 bits per heavy atom. The molecule has 1 aromatic heterocycles. The number of hydrogen-bond donors (Lipinski definition) is 2. The van der Waals surface area contributed by atoms with Gasteiger partial charge in [0.25, 0.3) is 5.91 Å². The number of likely N-dealkylation sites (N-methyl/N-ethyl adjacent to an activating group) is 1. The number of fused-ring (bicyclic) bond motifs is 1. The van der Waals surface area contributed by atoms with Crippen molar-refractivity contribution in [2.24, 2.45) is 5.92 Å². The third-order valence-corrected chi connectivity index (χ3v) is 5.30. The van der Waals surface area contributed by atoms with Crippen molar-refractivity contribution in [1.29, 1.82) is 0 Å². The number of alkyl halides is 3. The van der Waals surface area contributed by atoms with Gasteiger partial charge in [0.1, 0.15) is 5.82 Å². The molecule has 162 valence electrons. The van der Waals surface area contributed by atoms with E-state index in [1.807, 2.05) is 19.0 Å². The number of aromatic nitrogens is 1. The lowest BCUT2D eigenvalue weighted by atomic mass is 10.1. The van der Waals surface area contributed by atoms with Gasteiger partial charge in [-0.15, -0.1) is 11.3 Å². The summed E-state index contributed by atoms with van der Waals surface area (Å²) in [6.45, 7) is 2.12. The van der Waals surface area contributed by atoms with E-state index >= 15 is 0 Å². The predicted octanol–water partition coefficient (Wildman–Crippen LogP) is 1.76. The lowest BCUT2D eigenvalue weighted by Crippen LogP contribution is -2.36. The zero-order valence-electron chi connectivity index (χ0n) is 16.1. The van der Waals surface area contributed by atoms with Gasteiger partial charge < -0.3 is 15.3 Å². The Labute approximate surface area is 169 Å². The van der Waals surface area contributed by atoms with Gasteiger partial charge in [-0.3, -0.25) is 14.5 Å². The topological polar surface area (TPSA) is 103 Å². The Morgan fingerprint density at radius 3 is 2.45 bits per heavy atom. The fraction of sp³-hybridized carbons (Fsp3) is 0.647. The van der Waals surface area contributed by atoms with E-state index in [-0.39, 0.29) is 17.7 Å². The number of nitrogens with one attached hydrogen (secondary N) is 1. The van der Waals surface area contributed by atoms with Crippen LogP contribution in [0.5, 0.6) is 0 Å². The Kier molecular flexibility index (Phi) is 7.58. The van der Waals surface area contributed by atoms with Gasteiger partial charge in [-0.1, -0.05) is 0 Å². The number of carboxylic acids is 1. The van der Waals surface area contributed by atoms with Gasteiger partial charge in [-0.2, -0.15) is 13.2 Å². The second-order valence-corrected chi connectivity index (χ2v) is 8.08. The molecular weight excluding hydrogens is 413 g/mol. The molecule has 3 rings (SSSR count). The van der Waals surface area contributed by atoms with Crippen LogP contribution in [-0.4, -0.2) is 72.7 Å². The van der Waals surface area contributed by atoms with Crippen LogP contribution >= 0.6 is 11.3 Å². The number of rotatable bonds is 5. The van der Waals surface area contributed by atoms with Crippen molar-refractivity contribution in [2.75, 3.05) is 38.6 Å². The van der Waals surface area contributed by atoms with Crippen molar-refractivity contribution in [3.05, 3.63) is 9.88 Å². The van der Waals surface area contributed by atoms with Gasteiger partial charge in [0.2, 0.25) is 5.91 Å². The second kappa shape index (κ2) is 9.53. The van der Waals surface area contributed by atoms with E-state index in [0.29, 0.717) is 11.6 Å².